The van der Waals surface area contributed by atoms with Crippen LogP contribution in [0.25, 0.3) is 0 Å². The van der Waals surface area contributed by atoms with Gasteiger partial charge in [0.05, 0.1) is 10.6 Å². The van der Waals surface area contributed by atoms with E-state index in [0.717, 1.165) is 27.5 Å². The van der Waals surface area contributed by atoms with Gasteiger partial charge >= 0.3 is 0 Å². The summed E-state index contributed by atoms with van der Waals surface area (Å²) in [6.45, 7) is 0. The molecule has 0 unspecified atom stereocenters. The summed E-state index contributed by atoms with van der Waals surface area (Å²) in [5.41, 5.74) is 0. The van der Waals surface area contributed by atoms with Gasteiger partial charge in [0.2, 0.25) is 0 Å². The summed E-state index contributed by atoms with van der Waals surface area (Å²) in [4.78, 5) is 0. The third-order valence-electron chi connectivity index (χ3n) is 2.26. The zero-order chi connectivity index (χ0) is 10.1. The maximum atomic E-state index is 9.11. The predicted molar refractivity (Wildman–Crippen MR) is 61.5 cm³/mol. The molecule has 1 aromatic rings. The van der Waals surface area contributed by atoms with Crippen molar-refractivity contribution in [3.05, 3.63) is 27.1 Å². The summed E-state index contributed by atoms with van der Waals surface area (Å²) in [7, 11) is 0. The molecule has 14 heavy (non-hydrogen) atoms. The molecule has 0 bridgehead atoms. The van der Waals surface area contributed by atoms with Gasteiger partial charge in [-0.15, -0.1) is 0 Å². The Morgan fingerprint density at radius 3 is 2.57 bits per heavy atom. The molecule has 0 aromatic heterocycles. The van der Waals surface area contributed by atoms with Crippen molar-refractivity contribution < 1.29 is 9.84 Å². The minimum Gasteiger partial charge on any atom is -0.489 e. The van der Waals surface area contributed by atoms with Gasteiger partial charge in [0.15, 0.2) is 0 Å². The van der Waals surface area contributed by atoms with Gasteiger partial charge in [-0.2, -0.15) is 0 Å². The van der Waals surface area contributed by atoms with Crippen molar-refractivity contribution in [2.75, 3.05) is 0 Å². The van der Waals surface area contributed by atoms with Gasteiger partial charge in [0, 0.05) is 17.3 Å². The van der Waals surface area contributed by atoms with Crippen LogP contribution in [0.3, 0.4) is 0 Å². The van der Waals surface area contributed by atoms with E-state index >= 15 is 0 Å². The van der Waals surface area contributed by atoms with E-state index in [1.807, 2.05) is 18.2 Å². The van der Waals surface area contributed by atoms with Gasteiger partial charge in [-0.25, -0.2) is 0 Å². The van der Waals surface area contributed by atoms with Crippen LogP contribution < -0.4 is 4.74 Å². The molecule has 76 valence electrons. The van der Waals surface area contributed by atoms with E-state index in [1.54, 1.807) is 0 Å². The summed E-state index contributed by atoms with van der Waals surface area (Å²) in [6.07, 6.45) is 1.47. The molecule has 0 radical (unpaired) electrons. The van der Waals surface area contributed by atoms with Gasteiger partial charge in [0.1, 0.15) is 11.9 Å². The van der Waals surface area contributed by atoms with E-state index in [-0.39, 0.29) is 12.2 Å². The Labute approximate surface area is 99.5 Å². The lowest BCUT2D eigenvalue weighted by atomic mass is 9.92. The Bertz CT molecular complexity index is 335. The summed E-state index contributed by atoms with van der Waals surface area (Å²) >= 11 is 6.80. The molecule has 2 rings (SSSR count). The van der Waals surface area contributed by atoms with Crippen LogP contribution >= 0.6 is 31.9 Å². The Kier molecular flexibility index (Phi) is 3.14. The van der Waals surface area contributed by atoms with Crippen molar-refractivity contribution >= 4 is 31.9 Å². The van der Waals surface area contributed by atoms with Crippen molar-refractivity contribution in [1.82, 2.24) is 0 Å². The maximum absolute atomic E-state index is 9.11. The first-order valence-electron chi connectivity index (χ1n) is 4.45. The Morgan fingerprint density at radius 2 is 2.00 bits per heavy atom. The van der Waals surface area contributed by atoms with Crippen molar-refractivity contribution in [3.63, 3.8) is 0 Å². The molecule has 1 saturated carbocycles. The normalized spacial score (nSPS) is 25.6. The van der Waals surface area contributed by atoms with Gasteiger partial charge in [0.25, 0.3) is 0 Å². The molecule has 1 aliphatic carbocycles. The van der Waals surface area contributed by atoms with Crippen LogP contribution in [0, 0.1) is 0 Å². The minimum atomic E-state index is -0.172. The van der Waals surface area contributed by atoms with E-state index < -0.39 is 0 Å². The zero-order valence-electron chi connectivity index (χ0n) is 7.41. The third-order valence-corrected chi connectivity index (χ3v) is 3.37. The Balaban J connectivity index is 2.02. The van der Waals surface area contributed by atoms with Gasteiger partial charge in [-0.1, -0.05) is 15.9 Å². The molecule has 1 aliphatic rings. The summed E-state index contributed by atoms with van der Waals surface area (Å²) in [6, 6.07) is 5.80. The largest absolute Gasteiger partial charge is 0.489 e. The molecule has 0 spiro atoms. The molecule has 0 heterocycles. The SMILES string of the molecule is OC1CC(Oc2ccc(Br)cc2Br)C1. The average Bonchev–Trinajstić information content (AvgIpc) is 2.06. The number of benzene rings is 1. The van der Waals surface area contributed by atoms with E-state index in [2.05, 4.69) is 31.9 Å². The number of hydrogen-bond acceptors (Lipinski definition) is 2. The molecule has 0 atom stereocenters. The maximum Gasteiger partial charge on any atom is 0.133 e. The van der Waals surface area contributed by atoms with Crippen molar-refractivity contribution in [1.29, 1.82) is 0 Å². The van der Waals surface area contributed by atoms with E-state index in [4.69, 9.17) is 9.84 Å². The highest BCUT2D eigenvalue weighted by atomic mass is 79.9. The molecular formula is C10H10Br2O2. The van der Waals surface area contributed by atoms with Crippen LogP contribution in [0.5, 0.6) is 5.75 Å². The number of halogens is 2. The van der Waals surface area contributed by atoms with Gasteiger partial charge in [-0.3, -0.25) is 0 Å². The molecule has 1 fully saturated rings. The molecule has 0 aliphatic heterocycles. The van der Waals surface area contributed by atoms with Crippen LogP contribution in [0.1, 0.15) is 12.8 Å². The third kappa shape index (κ3) is 2.30. The highest BCUT2D eigenvalue weighted by Gasteiger charge is 2.29. The van der Waals surface area contributed by atoms with Crippen LogP contribution in [-0.4, -0.2) is 17.3 Å². The highest BCUT2D eigenvalue weighted by Crippen LogP contribution is 2.32. The second-order valence-corrected chi connectivity index (χ2v) is 5.21. The fraction of sp³-hybridized carbons (Fsp3) is 0.400. The monoisotopic (exact) mass is 320 g/mol. The van der Waals surface area contributed by atoms with Crippen LogP contribution in [0.15, 0.2) is 27.1 Å². The topological polar surface area (TPSA) is 29.5 Å². The van der Waals surface area contributed by atoms with Gasteiger partial charge < -0.3 is 9.84 Å². The second-order valence-electron chi connectivity index (χ2n) is 3.44. The molecule has 0 saturated heterocycles. The molecular weight excluding hydrogens is 312 g/mol. The number of ether oxygens (including phenoxy) is 1. The van der Waals surface area contributed by atoms with Crippen molar-refractivity contribution in [3.8, 4) is 5.75 Å². The number of hydrogen-bond donors (Lipinski definition) is 1. The van der Waals surface area contributed by atoms with Crippen LogP contribution in [-0.2, 0) is 0 Å². The lowest BCUT2D eigenvalue weighted by Gasteiger charge is -2.31. The van der Waals surface area contributed by atoms with Crippen molar-refractivity contribution in [2.45, 2.75) is 25.0 Å². The molecule has 0 amide bonds. The number of rotatable bonds is 2. The zero-order valence-corrected chi connectivity index (χ0v) is 10.6. The summed E-state index contributed by atoms with van der Waals surface area (Å²) in [5, 5.41) is 9.11. The molecule has 2 nitrogen and oxygen atoms in total. The van der Waals surface area contributed by atoms with Crippen LogP contribution in [0.2, 0.25) is 0 Å². The molecule has 4 heteroatoms. The average molecular weight is 322 g/mol. The Morgan fingerprint density at radius 1 is 1.29 bits per heavy atom. The number of aliphatic hydroxyl groups is 1. The fourth-order valence-corrected chi connectivity index (χ4v) is 2.52. The summed E-state index contributed by atoms with van der Waals surface area (Å²) < 4.78 is 7.64. The first-order chi connectivity index (χ1) is 6.65. The van der Waals surface area contributed by atoms with E-state index in [1.165, 1.54) is 0 Å². The van der Waals surface area contributed by atoms with Gasteiger partial charge in [-0.05, 0) is 34.1 Å². The standard InChI is InChI=1S/C10H10Br2O2/c11-6-1-2-10(9(12)3-6)14-8-4-7(13)5-8/h1-3,7-8,13H,4-5H2. The summed E-state index contributed by atoms with van der Waals surface area (Å²) in [5.74, 6) is 0.838. The van der Waals surface area contributed by atoms with E-state index in [0.29, 0.717) is 0 Å². The molecule has 1 N–H and O–H groups in total. The lowest BCUT2D eigenvalue weighted by Crippen LogP contribution is -2.37. The second kappa shape index (κ2) is 4.21. The Hall–Kier alpha value is -0.0600. The predicted octanol–water partition coefficient (Wildman–Crippen LogP) is 3.11. The highest BCUT2D eigenvalue weighted by molar-refractivity contribution is 9.11. The van der Waals surface area contributed by atoms with E-state index in [9.17, 15) is 0 Å². The number of aliphatic hydroxyl groups excluding tert-OH is 1. The fourth-order valence-electron chi connectivity index (χ4n) is 1.38. The quantitative estimate of drug-likeness (QED) is 0.907. The first kappa shape index (κ1) is 10.5. The van der Waals surface area contributed by atoms with Crippen molar-refractivity contribution in [2.24, 2.45) is 0 Å². The lowest BCUT2D eigenvalue weighted by molar-refractivity contribution is -0.0111. The first-order valence-corrected chi connectivity index (χ1v) is 6.03. The minimum absolute atomic E-state index is 0.169. The smallest absolute Gasteiger partial charge is 0.133 e. The van der Waals surface area contributed by atoms with Crippen LogP contribution in [0.4, 0.5) is 0 Å². The molecule has 1 aromatic carbocycles.